The Kier molecular flexibility index (Phi) is 3.44. The van der Waals surface area contributed by atoms with E-state index in [1.807, 2.05) is 19.1 Å². The first kappa shape index (κ1) is 11.4. The van der Waals surface area contributed by atoms with Crippen LogP contribution in [0.3, 0.4) is 0 Å². The minimum atomic E-state index is -0.159. The van der Waals surface area contributed by atoms with E-state index in [1.165, 1.54) is 6.07 Å². The van der Waals surface area contributed by atoms with Crippen molar-refractivity contribution >= 4 is 15.9 Å². The molecule has 2 rings (SSSR count). The largest absolute Gasteiger partial charge is 0.469 e. The highest BCUT2D eigenvalue weighted by atomic mass is 79.9. The molecule has 1 unspecified atom stereocenters. The highest BCUT2D eigenvalue weighted by molar-refractivity contribution is 9.09. The molecule has 16 heavy (non-hydrogen) atoms. The van der Waals surface area contributed by atoms with Crippen LogP contribution in [0.4, 0.5) is 4.39 Å². The minimum absolute atomic E-state index is 0.0862. The minimum Gasteiger partial charge on any atom is -0.469 e. The number of furan rings is 1. The van der Waals surface area contributed by atoms with Crippen LogP contribution in [0.5, 0.6) is 0 Å². The van der Waals surface area contributed by atoms with E-state index in [0.717, 1.165) is 11.3 Å². The first-order valence-electron chi connectivity index (χ1n) is 5.10. The summed E-state index contributed by atoms with van der Waals surface area (Å²) in [6.07, 6.45) is 2.27. The lowest BCUT2D eigenvalue weighted by atomic mass is 10.0. The number of hydrogen-bond donors (Lipinski definition) is 0. The molecule has 1 aromatic carbocycles. The third kappa shape index (κ3) is 2.35. The summed E-state index contributed by atoms with van der Waals surface area (Å²) in [4.78, 5) is 0.0862. The van der Waals surface area contributed by atoms with Crippen molar-refractivity contribution in [3.8, 4) is 0 Å². The Balaban J connectivity index is 2.17. The van der Waals surface area contributed by atoms with Crippen LogP contribution >= 0.6 is 15.9 Å². The SMILES string of the molecule is Cc1occc1C(Br)Cc1ccccc1F. The van der Waals surface area contributed by atoms with Gasteiger partial charge in [0.2, 0.25) is 0 Å². The number of alkyl halides is 1. The summed E-state index contributed by atoms with van der Waals surface area (Å²) in [7, 11) is 0. The fourth-order valence-electron chi connectivity index (χ4n) is 1.69. The summed E-state index contributed by atoms with van der Waals surface area (Å²) >= 11 is 3.56. The molecule has 0 aliphatic heterocycles. The Morgan fingerprint density at radius 2 is 2.06 bits per heavy atom. The van der Waals surface area contributed by atoms with Gasteiger partial charge in [0.15, 0.2) is 0 Å². The van der Waals surface area contributed by atoms with E-state index >= 15 is 0 Å². The quantitative estimate of drug-likeness (QED) is 0.761. The molecule has 0 fully saturated rings. The van der Waals surface area contributed by atoms with Gasteiger partial charge in [-0.05, 0) is 31.0 Å². The Bertz CT molecular complexity index is 478. The molecule has 1 heterocycles. The van der Waals surface area contributed by atoms with Gasteiger partial charge < -0.3 is 4.42 Å². The zero-order valence-electron chi connectivity index (χ0n) is 8.91. The number of rotatable bonds is 3. The topological polar surface area (TPSA) is 13.1 Å². The number of halogens is 2. The molecule has 3 heteroatoms. The molecule has 0 saturated carbocycles. The fourth-order valence-corrected chi connectivity index (χ4v) is 2.51. The van der Waals surface area contributed by atoms with E-state index in [2.05, 4.69) is 15.9 Å². The van der Waals surface area contributed by atoms with Gasteiger partial charge in [-0.1, -0.05) is 34.1 Å². The van der Waals surface area contributed by atoms with Crippen molar-refractivity contribution in [3.05, 3.63) is 59.3 Å². The molecule has 0 saturated heterocycles. The van der Waals surface area contributed by atoms with E-state index in [4.69, 9.17) is 4.42 Å². The van der Waals surface area contributed by atoms with Gasteiger partial charge in [-0.15, -0.1) is 0 Å². The highest BCUT2D eigenvalue weighted by Gasteiger charge is 2.14. The standard InChI is InChI=1S/C13H12BrFO/c1-9-11(6-7-16-9)12(14)8-10-4-2-3-5-13(10)15/h2-7,12H,8H2,1H3. The molecule has 0 radical (unpaired) electrons. The lowest BCUT2D eigenvalue weighted by molar-refractivity contribution is 0.529. The van der Waals surface area contributed by atoms with E-state index in [0.29, 0.717) is 12.0 Å². The summed E-state index contributed by atoms with van der Waals surface area (Å²) in [5.41, 5.74) is 1.79. The van der Waals surface area contributed by atoms with E-state index < -0.39 is 0 Å². The van der Waals surface area contributed by atoms with Crippen LogP contribution in [0.15, 0.2) is 41.0 Å². The molecule has 1 aromatic heterocycles. The number of hydrogen-bond acceptors (Lipinski definition) is 1. The van der Waals surface area contributed by atoms with E-state index in [-0.39, 0.29) is 10.6 Å². The third-order valence-corrected chi connectivity index (χ3v) is 3.41. The summed E-state index contributed by atoms with van der Waals surface area (Å²) in [6.45, 7) is 1.91. The van der Waals surface area contributed by atoms with Gasteiger partial charge >= 0.3 is 0 Å². The lowest BCUT2D eigenvalue weighted by Gasteiger charge is -2.09. The first-order chi connectivity index (χ1) is 7.68. The number of aryl methyl sites for hydroxylation is 1. The summed E-state index contributed by atoms with van der Waals surface area (Å²) in [5, 5.41) is 0. The predicted octanol–water partition coefficient (Wildman–Crippen LogP) is 4.41. The maximum atomic E-state index is 13.4. The van der Waals surface area contributed by atoms with Crippen LogP contribution in [-0.4, -0.2) is 0 Å². The van der Waals surface area contributed by atoms with Gasteiger partial charge in [-0.2, -0.15) is 0 Å². The maximum absolute atomic E-state index is 13.4. The molecular formula is C13H12BrFO. The summed E-state index contributed by atoms with van der Waals surface area (Å²) in [5.74, 6) is 0.714. The highest BCUT2D eigenvalue weighted by Crippen LogP contribution is 2.30. The van der Waals surface area contributed by atoms with Crippen molar-refractivity contribution in [3.63, 3.8) is 0 Å². The Morgan fingerprint density at radius 3 is 2.69 bits per heavy atom. The fraction of sp³-hybridized carbons (Fsp3) is 0.231. The van der Waals surface area contributed by atoms with Crippen molar-refractivity contribution in [1.29, 1.82) is 0 Å². The van der Waals surface area contributed by atoms with Gasteiger partial charge in [0, 0.05) is 10.4 Å². The van der Waals surface area contributed by atoms with Crippen LogP contribution in [0.1, 0.15) is 21.7 Å². The van der Waals surface area contributed by atoms with Gasteiger partial charge in [0.05, 0.1) is 6.26 Å². The molecule has 0 N–H and O–H groups in total. The Hall–Kier alpha value is -1.09. The van der Waals surface area contributed by atoms with Crippen molar-refractivity contribution in [1.82, 2.24) is 0 Å². The molecule has 1 nitrogen and oxygen atoms in total. The van der Waals surface area contributed by atoms with Crippen LogP contribution in [0.25, 0.3) is 0 Å². The zero-order valence-corrected chi connectivity index (χ0v) is 10.5. The second kappa shape index (κ2) is 4.83. The molecule has 0 aliphatic carbocycles. The molecule has 0 aliphatic rings. The van der Waals surface area contributed by atoms with Crippen LogP contribution in [0.2, 0.25) is 0 Å². The van der Waals surface area contributed by atoms with Crippen molar-refractivity contribution in [2.45, 2.75) is 18.2 Å². The van der Waals surface area contributed by atoms with E-state index in [9.17, 15) is 4.39 Å². The van der Waals surface area contributed by atoms with Crippen molar-refractivity contribution < 1.29 is 8.81 Å². The van der Waals surface area contributed by atoms with E-state index in [1.54, 1.807) is 18.4 Å². The average Bonchev–Trinajstić information content (AvgIpc) is 2.68. The van der Waals surface area contributed by atoms with Gasteiger partial charge in [-0.3, -0.25) is 0 Å². The van der Waals surface area contributed by atoms with Crippen LogP contribution in [0, 0.1) is 12.7 Å². The van der Waals surface area contributed by atoms with Crippen LogP contribution < -0.4 is 0 Å². The second-order valence-electron chi connectivity index (χ2n) is 3.70. The number of benzene rings is 1. The summed E-state index contributed by atoms with van der Waals surface area (Å²) in [6, 6.07) is 8.75. The lowest BCUT2D eigenvalue weighted by Crippen LogP contribution is -1.98. The molecule has 0 amide bonds. The van der Waals surface area contributed by atoms with Crippen molar-refractivity contribution in [2.75, 3.05) is 0 Å². The molecule has 1 atom stereocenters. The smallest absolute Gasteiger partial charge is 0.126 e. The van der Waals surface area contributed by atoms with Gasteiger partial charge in [0.1, 0.15) is 11.6 Å². The van der Waals surface area contributed by atoms with Crippen molar-refractivity contribution in [2.24, 2.45) is 0 Å². The Morgan fingerprint density at radius 1 is 1.31 bits per heavy atom. The predicted molar refractivity (Wildman–Crippen MR) is 65.2 cm³/mol. The van der Waals surface area contributed by atoms with Gasteiger partial charge in [0.25, 0.3) is 0 Å². The molecule has 84 valence electrons. The van der Waals surface area contributed by atoms with Gasteiger partial charge in [-0.25, -0.2) is 4.39 Å². The molecule has 2 aromatic rings. The maximum Gasteiger partial charge on any atom is 0.126 e. The summed E-state index contributed by atoms with van der Waals surface area (Å²) < 4.78 is 18.7. The second-order valence-corrected chi connectivity index (χ2v) is 4.80. The zero-order chi connectivity index (χ0) is 11.5. The average molecular weight is 283 g/mol. The monoisotopic (exact) mass is 282 g/mol. The molecular weight excluding hydrogens is 271 g/mol. The third-order valence-electron chi connectivity index (χ3n) is 2.59. The molecule has 0 spiro atoms. The molecule has 0 bridgehead atoms. The first-order valence-corrected chi connectivity index (χ1v) is 6.01. The van der Waals surface area contributed by atoms with Crippen LogP contribution in [-0.2, 0) is 6.42 Å². The normalized spacial score (nSPS) is 12.7. The Labute approximate surface area is 102 Å².